The van der Waals surface area contributed by atoms with Crippen LogP contribution in [0.2, 0.25) is 0 Å². The zero-order valence-corrected chi connectivity index (χ0v) is 17.8. The lowest BCUT2D eigenvalue weighted by Gasteiger charge is -2.22. The molecule has 2 N–H and O–H groups in total. The van der Waals surface area contributed by atoms with Crippen LogP contribution in [-0.4, -0.2) is 59.7 Å². The van der Waals surface area contributed by atoms with Crippen molar-refractivity contribution in [3.63, 3.8) is 0 Å². The Morgan fingerprint density at radius 1 is 1.20 bits per heavy atom. The van der Waals surface area contributed by atoms with E-state index in [4.69, 9.17) is 0 Å². The number of aliphatic imine (C=N–C) groups is 1. The van der Waals surface area contributed by atoms with Gasteiger partial charge >= 0.3 is 0 Å². The molecule has 1 unspecified atom stereocenters. The minimum absolute atomic E-state index is 0.250. The molecule has 30 heavy (non-hydrogen) atoms. The van der Waals surface area contributed by atoms with Crippen molar-refractivity contribution in [1.29, 1.82) is 0 Å². The van der Waals surface area contributed by atoms with Gasteiger partial charge in [0.2, 0.25) is 18.0 Å². The Morgan fingerprint density at radius 3 is 2.63 bits per heavy atom. The normalized spacial score (nSPS) is 16.8. The number of nitrogens with one attached hydrogen (secondary N) is 2. The third-order valence-corrected chi connectivity index (χ3v) is 5.13. The van der Waals surface area contributed by atoms with Crippen LogP contribution in [0.1, 0.15) is 18.2 Å². The average Bonchev–Trinajstić information content (AvgIpc) is 2.85. The zero-order valence-electron chi connectivity index (χ0n) is 17.0. The highest BCUT2D eigenvalue weighted by atomic mass is 32.2. The molecule has 1 aliphatic heterocycles. The van der Waals surface area contributed by atoms with Gasteiger partial charge in [-0.25, -0.2) is 4.99 Å². The Bertz CT molecular complexity index is 980. The van der Waals surface area contributed by atoms with Crippen molar-refractivity contribution in [1.82, 2.24) is 15.6 Å². The lowest BCUT2D eigenvalue weighted by Crippen LogP contribution is -2.52. The third-order valence-electron chi connectivity index (χ3n) is 4.58. The number of thioether (sulfide) groups is 1. The predicted octanol–water partition coefficient (Wildman–Crippen LogP) is 1.21. The summed E-state index contributed by atoms with van der Waals surface area (Å²) >= 11 is 1.36. The van der Waals surface area contributed by atoms with E-state index in [1.54, 1.807) is 38.6 Å². The van der Waals surface area contributed by atoms with Crippen molar-refractivity contribution in [3.05, 3.63) is 59.9 Å². The number of rotatable bonds is 6. The lowest BCUT2D eigenvalue weighted by molar-refractivity contribution is -0.130. The summed E-state index contributed by atoms with van der Waals surface area (Å²) in [5.74, 6) is -0.879. The first-order valence-electron chi connectivity index (χ1n) is 9.37. The van der Waals surface area contributed by atoms with Gasteiger partial charge in [-0.1, -0.05) is 24.3 Å². The number of para-hydroxylation sites is 1. The molecule has 0 radical (unpaired) electrons. The Morgan fingerprint density at radius 2 is 1.93 bits per heavy atom. The van der Waals surface area contributed by atoms with Crippen LogP contribution in [0.15, 0.2) is 53.7 Å². The second-order valence-corrected chi connectivity index (χ2v) is 7.61. The maximum absolute atomic E-state index is 13.1. The Balaban J connectivity index is 1.94. The van der Waals surface area contributed by atoms with E-state index >= 15 is 0 Å². The van der Waals surface area contributed by atoms with Gasteiger partial charge in [0.1, 0.15) is 6.04 Å². The maximum Gasteiger partial charge on any atom is 0.272 e. The predicted molar refractivity (Wildman–Crippen MR) is 118 cm³/mol. The second kappa shape index (κ2) is 9.53. The molecule has 1 aliphatic rings. The van der Waals surface area contributed by atoms with E-state index in [0.29, 0.717) is 17.1 Å². The number of aromatic nitrogens is 1. The lowest BCUT2D eigenvalue weighted by atomic mass is 10.0. The standard InChI is InChI=1S/C21H23N5O3S/c1-13(23-17(27)12-30-3)20(28)25-19-21(29)26(2)16-10-5-4-8-14(16)18(24-19)15-9-6-7-11-22-15/h4-11,13,19H,12H2,1-3H3,(H,23,27)(H,25,28)/t13-,19?/m0/s1. The monoisotopic (exact) mass is 425 g/mol. The summed E-state index contributed by atoms with van der Waals surface area (Å²) < 4.78 is 0. The van der Waals surface area contributed by atoms with Gasteiger partial charge in [0.05, 0.1) is 22.8 Å². The van der Waals surface area contributed by atoms with Gasteiger partial charge in [0.25, 0.3) is 5.91 Å². The molecule has 1 aromatic carbocycles. The third kappa shape index (κ3) is 4.68. The largest absolute Gasteiger partial charge is 0.344 e. The first-order valence-corrected chi connectivity index (χ1v) is 10.8. The summed E-state index contributed by atoms with van der Waals surface area (Å²) in [6.45, 7) is 1.57. The molecule has 2 heterocycles. The minimum atomic E-state index is -1.15. The van der Waals surface area contributed by atoms with E-state index < -0.39 is 18.1 Å². The quantitative estimate of drug-likeness (QED) is 0.724. The highest BCUT2D eigenvalue weighted by Gasteiger charge is 2.32. The second-order valence-electron chi connectivity index (χ2n) is 6.74. The summed E-state index contributed by atoms with van der Waals surface area (Å²) in [7, 11) is 1.64. The van der Waals surface area contributed by atoms with Crippen LogP contribution in [0.4, 0.5) is 5.69 Å². The Labute approximate surface area is 179 Å². The van der Waals surface area contributed by atoms with E-state index in [1.807, 2.05) is 30.3 Å². The van der Waals surface area contributed by atoms with Crippen molar-refractivity contribution >= 4 is 40.9 Å². The van der Waals surface area contributed by atoms with Crippen LogP contribution < -0.4 is 15.5 Å². The summed E-state index contributed by atoms with van der Waals surface area (Å²) in [6.07, 6.45) is 2.30. The fourth-order valence-corrected chi connectivity index (χ4v) is 3.41. The molecule has 9 heteroatoms. The molecule has 0 saturated carbocycles. The zero-order chi connectivity index (χ0) is 21.7. The fourth-order valence-electron chi connectivity index (χ4n) is 3.06. The summed E-state index contributed by atoms with van der Waals surface area (Å²) in [5.41, 5.74) is 2.51. The van der Waals surface area contributed by atoms with Crippen molar-refractivity contribution in [2.45, 2.75) is 19.1 Å². The molecule has 0 spiro atoms. The molecule has 3 rings (SSSR count). The molecule has 0 bridgehead atoms. The summed E-state index contributed by atoms with van der Waals surface area (Å²) in [5, 5.41) is 5.27. The van der Waals surface area contributed by atoms with E-state index in [0.717, 1.165) is 5.56 Å². The first kappa shape index (κ1) is 21.5. The van der Waals surface area contributed by atoms with E-state index in [1.165, 1.54) is 16.7 Å². The average molecular weight is 426 g/mol. The fraction of sp³-hybridized carbons (Fsp3) is 0.286. The van der Waals surface area contributed by atoms with E-state index in [-0.39, 0.29) is 17.6 Å². The van der Waals surface area contributed by atoms with Gasteiger partial charge in [0, 0.05) is 18.8 Å². The number of carbonyl (C=O) groups excluding carboxylic acids is 3. The van der Waals surface area contributed by atoms with Gasteiger partial charge in [-0.3, -0.25) is 19.4 Å². The van der Waals surface area contributed by atoms with Gasteiger partial charge in [-0.15, -0.1) is 0 Å². The summed E-state index contributed by atoms with van der Waals surface area (Å²) in [6, 6.07) is 12.0. The summed E-state index contributed by atoms with van der Waals surface area (Å²) in [4.78, 5) is 47.9. The number of benzene rings is 1. The molecule has 2 aromatic rings. The molecule has 3 amide bonds. The van der Waals surface area contributed by atoms with Gasteiger partial charge in [0.15, 0.2) is 0 Å². The molecule has 156 valence electrons. The smallest absolute Gasteiger partial charge is 0.272 e. The number of nitrogens with zero attached hydrogens (tertiary/aromatic N) is 3. The van der Waals surface area contributed by atoms with Crippen LogP contribution in [0.5, 0.6) is 0 Å². The number of pyridine rings is 1. The van der Waals surface area contributed by atoms with E-state index in [2.05, 4.69) is 20.6 Å². The molecular formula is C21H23N5O3S. The van der Waals surface area contributed by atoms with Crippen molar-refractivity contribution in [2.24, 2.45) is 4.99 Å². The van der Waals surface area contributed by atoms with Crippen molar-refractivity contribution < 1.29 is 14.4 Å². The van der Waals surface area contributed by atoms with Crippen LogP contribution in [0, 0.1) is 0 Å². The number of anilines is 1. The molecule has 1 aromatic heterocycles. The van der Waals surface area contributed by atoms with E-state index in [9.17, 15) is 14.4 Å². The molecule has 0 fully saturated rings. The number of likely N-dealkylation sites (N-methyl/N-ethyl adjacent to an activating group) is 1. The maximum atomic E-state index is 13.1. The van der Waals surface area contributed by atoms with Gasteiger partial charge in [-0.05, 0) is 31.4 Å². The highest BCUT2D eigenvalue weighted by molar-refractivity contribution is 7.99. The van der Waals surface area contributed by atoms with Crippen molar-refractivity contribution in [2.75, 3.05) is 24.0 Å². The van der Waals surface area contributed by atoms with Crippen LogP contribution in [-0.2, 0) is 14.4 Å². The molecule has 2 atom stereocenters. The number of benzodiazepines with no additional fused rings is 1. The number of hydrogen-bond donors (Lipinski definition) is 2. The molecule has 0 aliphatic carbocycles. The van der Waals surface area contributed by atoms with Crippen LogP contribution in [0.3, 0.4) is 0 Å². The number of fused-ring (bicyclic) bond motifs is 1. The highest BCUT2D eigenvalue weighted by Crippen LogP contribution is 2.26. The van der Waals surface area contributed by atoms with Crippen LogP contribution >= 0.6 is 11.8 Å². The SMILES string of the molecule is CSCC(=O)N[C@@H](C)C(=O)NC1N=C(c2ccccn2)c2ccccc2N(C)C1=O. The van der Waals surface area contributed by atoms with Crippen molar-refractivity contribution in [3.8, 4) is 0 Å². The van der Waals surface area contributed by atoms with Gasteiger partial charge in [-0.2, -0.15) is 11.8 Å². The van der Waals surface area contributed by atoms with Gasteiger partial charge < -0.3 is 15.5 Å². The Hall–Kier alpha value is -3.20. The first-order chi connectivity index (χ1) is 14.4. The molecular weight excluding hydrogens is 402 g/mol. The number of amides is 3. The number of carbonyl (C=O) groups is 3. The topological polar surface area (TPSA) is 104 Å². The number of hydrogen-bond acceptors (Lipinski definition) is 6. The Kier molecular flexibility index (Phi) is 6.83. The molecule has 0 saturated heterocycles. The minimum Gasteiger partial charge on any atom is -0.344 e. The molecule has 8 nitrogen and oxygen atoms in total. The van der Waals surface area contributed by atoms with Crippen LogP contribution in [0.25, 0.3) is 0 Å².